The van der Waals surface area contributed by atoms with Gasteiger partial charge in [-0.15, -0.1) is 11.6 Å². The van der Waals surface area contributed by atoms with Gasteiger partial charge in [-0.3, -0.25) is 14.5 Å². The zero-order valence-corrected chi connectivity index (χ0v) is 24.3. The van der Waals surface area contributed by atoms with Crippen LogP contribution in [0.4, 0.5) is 9.80 Å². The second-order valence-corrected chi connectivity index (χ2v) is 11.7. The van der Waals surface area contributed by atoms with Gasteiger partial charge in [0.05, 0.1) is 20.3 Å². The van der Waals surface area contributed by atoms with Gasteiger partial charge in [0.25, 0.3) is 5.91 Å². The van der Waals surface area contributed by atoms with Crippen molar-refractivity contribution in [3.63, 3.8) is 0 Å². The number of nitrogens with zero attached hydrogens (tertiary/aromatic N) is 2. The van der Waals surface area contributed by atoms with E-state index in [1.54, 1.807) is 37.3 Å². The van der Waals surface area contributed by atoms with Crippen molar-refractivity contribution in [3.05, 3.63) is 70.4 Å². The number of thiazole rings is 1. The van der Waals surface area contributed by atoms with Crippen molar-refractivity contribution >= 4 is 45.8 Å². The first-order valence-corrected chi connectivity index (χ1v) is 14.5. The first-order valence-electron chi connectivity index (χ1n) is 13.3. The van der Waals surface area contributed by atoms with Gasteiger partial charge in [-0.1, -0.05) is 41.7 Å². The Bertz CT molecular complexity index is 1430. The monoisotopic (exact) mass is 598 g/mol. The summed E-state index contributed by atoms with van der Waals surface area (Å²) in [5.41, 5.74) is 1.69. The number of nitrogens with one attached hydrogen (secondary N) is 2. The van der Waals surface area contributed by atoms with Crippen LogP contribution >= 0.6 is 22.9 Å². The Labute approximate surface area is 246 Å². The molecule has 2 fully saturated rings. The maximum absolute atomic E-state index is 13.4. The van der Waals surface area contributed by atoms with Gasteiger partial charge in [-0.2, -0.15) is 0 Å². The van der Waals surface area contributed by atoms with E-state index in [0.29, 0.717) is 47.3 Å². The molecular formula is C29H31ClN4O6S. The number of hydrogen-bond donors (Lipinski definition) is 2. The van der Waals surface area contributed by atoms with Crippen LogP contribution in [0.15, 0.2) is 48.5 Å². The standard InChI is InChI=1S/C29H31ClN4O6S/c1-38-20-11-10-19(22(15-20)39-2)16-31-24(35)23-26(33-27(36)29(30)12-13-29)41-25(32-23)21-9-6-14-34(21)28(37)40-17-18-7-4-3-5-8-18/h3-5,7-8,10-11,15,21H,6,9,12-14,16-17H2,1-2H3,(H,31,35)(H,33,36). The molecule has 1 aliphatic carbocycles. The van der Waals surface area contributed by atoms with E-state index in [1.165, 1.54) is 11.3 Å². The Morgan fingerprint density at radius 3 is 2.61 bits per heavy atom. The molecule has 1 saturated carbocycles. The number of alkyl halides is 1. The highest BCUT2D eigenvalue weighted by Gasteiger charge is 2.48. The molecule has 0 radical (unpaired) electrons. The Morgan fingerprint density at radius 2 is 1.90 bits per heavy atom. The number of amides is 3. The number of methoxy groups -OCH3 is 2. The van der Waals surface area contributed by atoms with Crippen LogP contribution in [0.1, 0.15) is 58.3 Å². The van der Waals surface area contributed by atoms with Crippen molar-refractivity contribution < 1.29 is 28.6 Å². The number of halogens is 1. The van der Waals surface area contributed by atoms with Crippen LogP contribution in [0.2, 0.25) is 0 Å². The zero-order valence-electron chi connectivity index (χ0n) is 22.8. The second-order valence-electron chi connectivity index (χ2n) is 9.90. The van der Waals surface area contributed by atoms with Crippen LogP contribution in [-0.4, -0.2) is 53.4 Å². The van der Waals surface area contributed by atoms with Gasteiger partial charge in [0.15, 0.2) is 5.69 Å². The molecule has 2 aliphatic rings. The summed E-state index contributed by atoms with van der Waals surface area (Å²) in [6, 6.07) is 14.4. The number of likely N-dealkylation sites (tertiary alicyclic amines) is 1. The molecule has 5 rings (SSSR count). The molecule has 2 heterocycles. The quantitative estimate of drug-likeness (QED) is 0.305. The molecule has 0 spiro atoms. The molecule has 2 aromatic carbocycles. The molecule has 12 heteroatoms. The Morgan fingerprint density at radius 1 is 1.12 bits per heavy atom. The van der Waals surface area contributed by atoms with Crippen molar-refractivity contribution in [2.24, 2.45) is 0 Å². The molecule has 1 saturated heterocycles. The van der Waals surface area contributed by atoms with E-state index in [1.807, 2.05) is 30.3 Å². The average Bonchev–Trinajstić information content (AvgIpc) is 3.37. The van der Waals surface area contributed by atoms with Gasteiger partial charge in [0.1, 0.15) is 33.0 Å². The minimum absolute atomic E-state index is 0.0660. The Hall–Kier alpha value is -3.83. The van der Waals surface area contributed by atoms with Gasteiger partial charge in [0.2, 0.25) is 5.91 Å². The molecule has 1 aliphatic heterocycles. The summed E-state index contributed by atoms with van der Waals surface area (Å²) < 4.78 is 16.2. The van der Waals surface area contributed by atoms with Crippen molar-refractivity contribution in [1.82, 2.24) is 15.2 Å². The summed E-state index contributed by atoms with van der Waals surface area (Å²) in [5, 5.41) is 6.51. The summed E-state index contributed by atoms with van der Waals surface area (Å²) in [6.45, 7) is 0.818. The number of carbonyl (C=O) groups is 3. The first kappa shape index (κ1) is 28.7. The van der Waals surface area contributed by atoms with Gasteiger partial charge >= 0.3 is 6.09 Å². The number of ether oxygens (including phenoxy) is 3. The fourth-order valence-electron chi connectivity index (χ4n) is 4.57. The summed E-state index contributed by atoms with van der Waals surface area (Å²) in [7, 11) is 3.10. The van der Waals surface area contributed by atoms with Crippen LogP contribution < -0.4 is 20.1 Å². The van der Waals surface area contributed by atoms with E-state index < -0.39 is 16.9 Å². The lowest BCUT2D eigenvalue weighted by molar-refractivity contribution is -0.116. The third kappa shape index (κ3) is 6.57. The van der Waals surface area contributed by atoms with E-state index in [9.17, 15) is 14.4 Å². The molecule has 2 N–H and O–H groups in total. The molecule has 10 nitrogen and oxygen atoms in total. The van der Waals surface area contributed by atoms with Gasteiger partial charge in [-0.25, -0.2) is 9.78 Å². The largest absolute Gasteiger partial charge is 0.497 e. The normalized spacial score (nSPS) is 17.0. The molecule has 0 bridgehead atoms. The summed E-state index contributed by atoms with van der Waals surface area (Å²) in [6.07, 6.45) is 2.09. The predicted molar refractivity (Wildman–Crippen MR) is 155 cm³/mol. The maximum Gasteiger partial charge on any atom is 0.410 e. The summed E-state index contributed by atoms with van der Waals surface area (Å²) in [5.74, 6) is 0.345. The van der Waals surface area contributed by atoms with Gasteiger partial charge in [-0.05, 0) is 43.4 Å². The number of anilines is 1. The lowest BCUT2D eigenvalue weighted by atomic mass is 10.2. The summed E-state index contributed by atoms with van der Waals surface area (Å²) >= 11 is 7.51. The third-order valence-electron chi connectivity index (χ3n) is 7.09. The Kier molecular flexibility index (Phi) is 8.65. The zero-order chi connectivity index (χ0) is 29.0. The van der Waals surface area contributed by atoms with Crippen molar-refractivity contribution in [2.45, 2.75) is 49.8 Å². The minimum atomic E-state index is -0.963. The highest BCUT2D eigenvalue weighted by molar-refractivity contribution is 7.16. The van der Waals surface area contributed by atoms with E-state index in [2.05, 4.69) is 15.6 Å². The molecule has 3 aromatic rings. The average molecular weight is 599 g/mol. The van der Waals surface area contributed by atoms with Crippen LogP contribution in [0, 0.1) is 0 Å². The van der Waals surface area contributed by atoms with Crippen LogP contribution in [-0.2, 0) is 22.7 Å². The molecule has 1 atom stereocenters. The topological polar surface area (TPSA) is 119 Å². The molecule has 3 amide bonds. The highest BCUT2D eigenvalue weighted by atomic mass is 35.5. The van der Waals surface area contributed by atoms with Gasteiger partial charge < -0.3 is 24.8 Å². The maximum atomic E-state index is 13.4. The second kappa shape index (κ2) is 12.4. The van der Waals surface area contributed by atoms with Crippen LogP contribution in [0.25, 0.3) is 0 Å². The molecule has 216 valence electrons. The number of benzene rings is 2. The predicted octanol–water partition coefficient (Wildman–Crippen LogP) is 5.27. The first-order chi connectivity index (χ1) is 19.8. The van der Waals surface area contributed by atoms with Crippen LogP contribution in [0.5, 0.6) is 11.5 Å². The fourth-order valence-corrected chi connectivity index (χ4v) is 5.82. The SMILES string of the molecule is COc1ccc(CNC(=O)c2nc(C3CCCN3C(=O)OCc3ccccc3)sc2NC(=O)C2(Cl)CC2)c(OC)c1. The van der Waals surface area contributed by atoms with E-state index >= 15 is 0 Å². The number of rotatable bonds is 10. The van der Waals surface area contributed by atoms with Crippen LogP contribution in [0.3, 0.4) is 0 Å². The minimum Gasteiger partial charge on any atom is -0.497 e. The van der Waals surface area contributed by atoms with Crippen molar-refractivity contribution in [3.8, 4) is 11.5 Å². The Balaban J connectivity index is 1.34. The molecule has 41 heavy (non-hydrogen) atoms. The molecule has 1 aromatic heterocycles. The number of carbonyl (C=O) groups excluding carboxylic acids is 3. The van der Waals surface area contributed by atoms with Crippen molar-refractivity contribution in [2.75, 3.05) is 26.1 Å². The van der Waals surface area contributed by atoms with Gasteiger partial charge in [0, 0.05) is 24.7 Å². The van der Waals surface area contributed by atoms with Crippen molar-refractivity contribution in [1.29, 1.82) is 0 Å². The molecule has 1 unspecified atom stereocenters. The fraction of sp³-hybridized carbons (Fsp3) is 0.379. The smallest absolute Gasteiger partial charge is 0.410 e. The molecular weight excluding hydrogens is 568 g/mol. The lowest BCUT2D eigenvalue weighted by Gasteiger charge is -2.22. The van der Waals surface area contributed by atoms with E-state index in [4.69, 9.17) is 25.8 Å². The number of hydrogen-bond acceptors (Lipinski definition) is 8. The van der Waals surface area contributed by atoms with E-state index in [-0.39, 0.29) is 30.8 Å². The third-order valence-corrected chi connectivity index (χ3v) is 8.71. The highest BCUT2D eigenvalue weighted by Crippen LogP contribution is 2.44. The summed E-state index contributed by atoms with van der Waals surface area (Å²) in [4.78, 5) is 44.5. The number of aromatic nitrogens is 1. The lowest BCUT2D eigenvalue weighted by Crippen LogP contribution is -2.31. The van der Waals surface area contributed by atoms with E-state index in [0.717, 1.165) is 17.5 Å².